The van der Waals surface area contributed by atoms with Crippen LogP contribution in [-0.2, 0) is 22.6 Å². The first kappa shape index (κ1) is 21.5. The van der Waals surface area contributed by atoms with Gasteiger partial charge < -0.3 is 20.1 Å². The fourth-order valence-corrected chi connectivity index (χ4v) is 2.60. The zero-order valence-electron chi connectivity index (χ0n) is 15.5. The van der Waals surface area contributed by atoms with Gasteiger partial charge in [0.1, 0.15) is 6.61 Å². The molecule has 1 saturated heterocycles. The number of halogens is 3. The van der Waals surface area contributed by atoms with Crippen molar-refractivity contribution in [2.24, 2.45) is 4.99 Å². The van der Waals surface area contributed by atoms with Crippen molar-refractivity contribution in [1.82, 2.24) is 15.5 Å². The number of hydrogen-bond acceptors (Lipinski definition) is 4. The molecule has 2 N–H and O–H groups in total. The zero-order chi connectivity index (χ0) is 19.5. The highest BCUT2D eigenvalue weighted by molar-refractivity contribution is 5.79. The molecule has 0 bridgehead atoms. The van der Waals surface area contributed by atoms with E-state index in [1.165, 1.54) is 0 Å². The van der Waals surface area contributed by atoms with E-state index in [1.54, 1.807) is 19.2 Å². The van der Waals surface area contributed by atoms with Gasteiger partial charge in [-0.1, -0.05) is 24.3 Å². The zero-order valence-corrected chi connectivity index (χ0v) is 15.5. The Labute approximate surface area is 157 Å². The second kappa shape index (κ2) is 11.1. The lowest BCUT2D eigenvalue weighted by atomic mass is 10.1. The second-order valence-corrected chi connectivity index (χ2v) is 6.23. The van der Waals surface area contributed by atoms with Gasteiger partial charge in [0.25, 0.3) is 0 Å². The summed E-state index contributed by atoms with van der Waals surface area (Å²) < 4.78 is 46.2. The lowest BCUT2D eigenvalue weighted by Gasteiger charge is -2.26. The van der Waals surface area contributed by atoms with Gasteiger partial charge in [0.2, 0.25) is 0 Å². The number of rotatable bonds is 8. The molecule has 6 nitrogen and oxygen atoms in total. The Bertz CT molecular complexity index is 573. The van der Waals surface area contributed by atoms with Crippen molar-refractivity contribution in [3.8, 4) is 0 Å². The van der Waals surface area contributed by atoms with Gasteiger partial charge in [0, 0.05) is 39.8 Å². The van der Waals surface area contributed by atoms with Gasteiger partial charge in [0.15, 0.2) is 5.96 Å². The van der Waals surface area contributed by atoms with Gasteiger partial charge in [-0.2, -0.15) is 13.2 Å². The summed E-state index contributed by atoms with van der Waals surface area (Å²) in [5, 5.41) is 6.49. The maximum atomic E-state index is 12.1. The molecule has 2 rings (SSSR count). The van der Waals surface area contributed by atoms with Crippen LogP contribution in [0.1, 0.15) is 11.1 Å². The quantitative estimate of drug-likeness (QED) is 0.525. The Morgan fingerprint density at radius 1 is 1.15 bits per heavy atom. The van der Waals surface area contributed by atoms with Crippen LogP contribution in [0.15, 0.2) is 29.3 Å². The third kappa shape index (κ3) is 9.07. The van der Waals surface area contributed by atoms with Crippen LogP contribution in [0.4, 0.5) is 13.2 Å². The van der Waals surface area contributed by atoms with Crippen LogP contribution in [0.2, 0.25) is 0 Å². The average molecular weight is 388 g/mol. The van der Waals surface area contributed by atoms with E-state index in [9.17, 15) is 13.2 Å². The Morgan fingerprint density at radius 3 is 2.44 bits per heavy atom. The lowest BCUT2D eigenvalue weighted by molar-refractivity contribution is -0.176. The molecule has 27 heavy (non-hydrogen) atoms. The molecule has 1 fully saturated rings. The lowest BCUT2D eigenvalue weighted by Crippen LogP contribution is -2.44. The Morgan fingerprint density at radius 2 is 1.81 bits per heavy atom. The molecule has 0 saturated carbocycles. The van der Waals surface area contributed by atoms with Crippen LogP contribution in [0.5, 0.6) is 0 Å². The normalized spacial score (nSPS) is 16.4. The van der Waals surface area contributed by atoms with E-state index in [1.807, 2.05) is 12.1 Å². The van der Waals surface area contributed by atoms with Gasteiger partial charge in [-0.25, -0.2) is 0 Å². The summed E-state index contributed by atoms with van der Waals surface area (Å²) in [5.41, 5.74) is 1.71. The van der Waals surface area contributed by atoms with Gasteiger partial charge in [0.05, 0.1) is 19.8 Å². The number of nitrogens with zero attached hydrogens (tertiary/aromatic N) is 2. The van der Waals surface area contributed by atoms with Crippen molar-refractivity contribution in [2.45, 2.75) is 19.3 Å². The number of ether oxygens (including phenoxy) is 2. The summed E-state index contributed by atoms with van der Waals surface area (Å²) in [6.07, 6.45) is -4.30. The maximum Gasteiger partial charge on any atom is 0.411 e. The predicted octanol–water partition coefficient (Wildman–Crippen LogP) is 1.76. The van der Waals surface area contributed by atoms with Gasteiger partial charge >= 0.3 is 6.18 Å². The fourth-order valence-electron chi connectivity index (χ4n) is 2.60. The minimum Gasteiger partial charge on any atom is -0.379 e. The smallest absolute Gasteiger partial charge is 0.379 e. The largest absolute Gasteiger partial charge is 0.411 e. The molecule has 0 aliphatic carbocycles. The summed E-state index contributed by atoms with van der Waals surface area (Å²) in [6, 6.07) is 7.25. The first-order valence-corrected chi connectivity index (χ1v) is 8.93. The Kier molecular flexibility index (Phi) is 8.83. The van der Waals surface area contributed by atoms with Gasteiger partial charge in [-0.05, 0) is 11.1 Å². The molecule has 0 amide bonds. The Balaban J connectivity index is 1.66. The van der Waals surface area contributed by atoms with E-state index in [0.29, 0.717) is 18.1 Å². The molecule has 0 radical (unpaired) electrons. The van der Waals surface area contributed by atoms with Crippen LogP contribution in [0, 0.1) is 0 Å². The molecule has 9 heteroatoms. The third-order valence-electron chi connectivity index (χ3n) is 4.07. The van der Waals surface area contributed by atoms with E-state index in [0.717, 1.165) is 45.0 Å². The van der Waals surface area contributed by atoms with E-state index in [-0.39, 0.29) is 6.61 Å². The van der Waals surface area contributed by atoms with Crippen molar-refractivity contribution in [3.63, 3.8) is 0 Å². The summed E-state index contributed by atoms with van der Waals surface area (Å²) >= 11 is 0. The van der Waals surface area contributed by atoms with Crippen molar-refractivity contribution < 1.29 is 22.6 Å². The van der Waals surface area contributed by atoms with E-state index < -0.39 is 12.8 Å². The summed E-state index contributed by atoms with van der Waals surface area (Å²) in [5.74, 6) is 0.709. The predicted molar refractivity (Wildman–Crippen MR) is 97.6 cm³/mol. The van der Waals surface area contributed by atoms with E-state index >= 15 is 0 Å². The van der Waals surface area contributed by atoms with E-state index in [2.05, 4.69) is 25.3 Å². The number of morpholine rings is 1. The third-order valence-corrected chi connectivity index (χ3v) is 4.07. The molecule has 0 aromatic heterocycles. The van der Waals surface area contributed by atoms with Crippen molar-refractivity contribution in [3.05, 3.63) is 35.4 Å². The molecule has 1 aliphatic rings. The second-order valence-electron chi connectivity index (χ2n) is 6.23. The maximum absolute atomic E-state index is 12.1. The highest BCUT2D eigenvalue weighted by atomic mass is 19.4. The first-order valence-electron chi connectivity index (χ1n) is 8.93. The molecule has 1 aromatic carbocycles. The molecule has 1 aromatic rings. The molecular weight excluding hydrogens is 361 g/mol. The standard InChI is InChI=1S/C18H27F3N4O2/c1-22-17(23-6-7-25-8-10-26-11-9-25)24-12-15-2-4-16(5-3-15)13-27-14-18(19,20)21/h2-5H,6-14H2,1H3,(H2,22,23,24). The topological polar surface area (TPSA) is 58.1 Å². The first-order chi connectivity index (χ1) is 13.0. The summed E-state index contributed by atoms with van der Waals surface area (Å²) in [7, 11) is 1.71. The van der Waals surface area contributed by atoms with Crippen molar-refractivity contribution in [2.75, 3.05) is 53.0 Å². The van der Waals surface area contributed by atoms with Crippen molar-refractivity contribution in [1.29, 1.82) is 0 Å². The van der Waals surface area contributed by atoms with Crippen LogP contribution < -0.4 is 10.6 Å². The SMILES string of the molecule is CN=C(NCCN1CCOCC1)NCc1ccc(COCC(F)(F)F)cc1. The van der Waals surface area contributed by atoms with Gasteiger partial charge in [-0.3, -0.25) is 9.89 Å². The van der Waals surface area contributed by atoms with Crippen LogP contribution in [0.3, 0.4) is 0 Å². The average Bonchev–Trinajstić information content (AvgIpc) is 2.65. The number of nitrogens with one attached hydrogen (secondary N) is 2. The number of aliphatic imine (C=N–C) groups is 1. The summed E-state index contributed by atoms with van der Waals surface area (Å²) in [6.45, 7) is 4.46. The highest BCUT2D eigenvalue weighted by Crippen LogP contribution is 2.15. The summed E-state index contributed by atoms with van der Waals surface area (Å²) in [4.78, 5) is 6.53. The van der Waals surface area contributed by atoms with Crippen LogP contribution in [-0.4, -0.2) is 70.1 Å². The van der Waals surface area contributed by atoms with Gasteiger partial charge in [-0.15, -0.1) is 0 Å². The fraction of sp³-hybridized carbons (Fsp3) is 0.611. The van der Waals surface area contributed by atoms with Crippen LogP contribution in [0.25, 0.3) is 0 Å². The highest BCUT2D eigenvalue weighted by Gasteiger charge is 2.27. The minimum absolute atomic E-state index is 0.0576. The monoisotopic (exact) mass is 388 g/mol. The number of alkyl halides is 3. The van der Waals surface area contributed by atoms with Crippen molar-refractivity contribution >= 4 is 5.96 Å². The Hall–Kier alpha value is -1.84. The number of benzene rings is 1. The number of hydrogen-bond donors (Lipinski definition) is 2. The molecule has 1 heterocycles. The van der Waals surface area contributed by atoms with E-state index in [4.69, 9.17) is 4.74 Å². The molecule has 152 valence electrons. The number of guanidine groups is 1. The molecule has 0 atom stereocenters. The molecule has 1 aliphatic heterocycles. The molecular formula is C18H27F3N4O2. The molecule has 0 unspecified atom stereocenters. The molecule has 0 spiro atoms. The minimum atomic E-state index is -4.30. The van der Waals surface area contributed by atoms with Crippen LogP contribution >= 0.6 is 0 Å².